The van der Waals surface area contributed by atoms with Crippen molar-refractivity contribution in [1.29, 1.82) is 0 Å². The number of carbonyl (C=O) groups excluding carboxylic acids is 1. The van der Waals surface area contributed by atoms with Gasteiger partial charge in [0.15, 0.2) is 0 Å². The van der Waals surface area contributed by atoms with E-state index in [2.05, 4.69) is 5.32 Å². The van der Waals surface area contributed by atoms with Crippen LogP contribution in [0.2, 0.25) is 0 Å². The molecule has 0 aromatic heterocycles. The number of hydrogen-bond donors (Lipinski definition) is 1. The highest BCUT2D eigenvalue weighted by molar-refractivity contribution is 7.88. The third-order valence-corrected chi connectivity index (χ3v) is 6.45. The number of likely N-dealkylation sites (N-methyl/N-ethyl adjacent to an activating group) is 1. The number of ether oxygens (including phenoxy) is 1. The maximum atomic E-state index is 13.3. The summed E-state index contributed by atoms with van der Waals surface area (Å²) in [7, 11) is -2.15. The normalized spacial score (nSPS) is 19.2. The molecule has 1 heterocycles. The quantitative estimate of drug-likeness (QED) is 0.811. The zero-order chi connectivity index (χ0) is 21.4. The van der Waals surface area contributed by atoms with Gasteiger partial charge in [-0.05, 0) is 38.0 Å². The molecule has 3 rings (SSSR count). The summed E-state index contributed by atoms with van der Waals surface area (Å²) < 4.78 is 31.6. The molecule has 6 nitrogen and oxygen atoms in total. The average molecular weight is 417 g/mol. The highest BCUT2D eigenvalue weighted by Crippen LogP contribution is 2.40. The molecular weight excluding hydrogens is 388 g/mol. The van der Waals surface area contributed by atoms with Crippen molar-refractivity contribution in [3.8, 4) is 5.75 Å². The van der Waals surface area contributed by atoms with E-state index < -0.39 is 21.7 Å². The summed E-state index contributed by atoms with van der Waals surface area (Å²) in [4.78, 5) is 13.3. The smallest absolute Gasteiger partial charge is 0.243 e. The molecule has 0 unspecified atom stereocenters. The van der Waals surface area contributed by atoms with Crippen LogP contribution in [0.5, 0.6) is 5.75 Å². The summed E-state index contributed by atoms with van der Waals surface area (Å²) in [6.45, 7) is 5.95. The van der Waals surface area contributed by atoms with Gasteiger partial charge in [0.1, 0.15) is 17.4 Å². The van der Waals surface area contributed by atoms with Crippen molar-refractivity contribution < 1.29 is 17.9 Å². The number of fused-ring (bicyclic) bond motifs is 1. The maximum absolute atomic E-state index is 13.3. The first-order valence-corrected chi connectivity index (χ1v) is 11.4. The van der Waals surface area contributed by atoms with E-state index in [0.29, 0.717) is 12.0 Å². The summed E-state index contributed by atoms with van der Waals surface area (Å²) in [6.07, 6.45) is 1.69. The SMILES string of the molecule is Cc1ccc2c(c1)OC(C)(C)C[C@@H]2NC(=O)[C@H](c1ccccc1)N(C)S(C)(=O)=O. The Morgan fingerprint density at radius 1 is 1.21 bits per heavy atom. The summed E-state index contributed by atoms with van der Waals surface area (Å²) in [5.74, 6) is 0.387. The van der Waals surface area contributed by atoms with Gasteiger partial charge < -0.3 is 10.1 Å². The highest BCUT2D eigenvalue weighted by atomic mass is 32.2. The van der Waals surface area contributed by atoms with Gasteiger partial charge in [0, 0.05) is 19.0 Å². The van der Waals surface area contributed by atoms with E-state index in [4.69, 9.17) is 4.74 Å². The van der Waals surface area contributed by atoms with Gasteiger partial charge >= 0.3 is 0 Å². The van der Waals surface area contributed by atoms with Gasteiger partial charge in [0.25, 0.3) is 0 Å². The highest BCUT2D eigenvalue weighted by Gasteiger charge is 2.37. The molecule has 0 saturated heterocycles. The van der Waals surface area contributed by atoms with Gasteiger partial charge in [0.05, 0.1) is 12.3 Å². The Labute approximate surface area is 172 Å². The summed E-state index contributed by atoms with van der Waals surface area (Å²) in [5, 5.41) is 3.08. The second-order valence-electron chi connectivity index (χ2n) is 8.26. The van der Waals surface area contributed by atoms with Crippen LogP contribution < -0.4 is 10.1 Å². The van der Waals surface area contributed by atoms with Crippen LogP contribution >= 0.6 is 0 Å². The third-order valence-electron chi connectivity index (χ3n) is 5.19. The Morgan fingerprint density at radius 2 is 1.86 bits per heavy atom. The van der Waals surface area contributed by atoms with Crippen LogP contribution in [0.4, 0.5) is 0 Å². The van der Waals surface area contributed by atoms with Crippen LogP contribution in [0.3, 0.4) is 0 Å². The van der Waals surface area contributed by atoms with Crippen molar-refractivity contribution in [2.24, 2.45) is 0 Å². The van der Waals surface area contributed by atoms with Gasteiger partial charge in [0.2, 0.25) is 15.9 Å². The molecule has 2 aromatic carbocycles. The van der Waals surface area contributed by atoms with E-state index >= 15 is 0 Å². The Morgan fingerprint density at radius 3 is 2.48 bits per heavy atom. The van der Waals surface area contributed by atoms with E-state index in [0.717, 1.165) is 27.4 Å². The van der Waals surface area contributed by atoms with Gasteiger partial charge in [-0.25, -0.2) is 8.42 Å². The average Bonchev–Trinajstić information content (AvgIpc) is 2.60. The number of nitrogens with zero attached hydrogens (tertiary/aromatic N) is 1. The molecule has 0 fully saturated rings. The fourth-order valence-electron chi connectivity index (χ4n) is 3.69. The van der Waals surface area contributed by atoms with E-state index in [9.17, 15) is 13.2 Å². The molecule has 1 amide bonds. The van der Waals surface area contributed by atoms with Crippen LogP contribution in [0.15, 0.2) is 48.5 Å². The van der Waals surface area contributed by atoms with Gasteiger partial charge in [-0.15, -0.1) is 0 Å². The number of hydrogen-bond acceptors (Lipinski definition) is 4. The molecule has 0 bridgehead atoms. The lowest BCUT2D eigenvalue weighted by atomic mass is 9.89. The summed E-state index contributed by atoms with van der Waals surface area (Å²) in [6, 6.07) is 13.6. The van der Waals surface area contributed by atoms with E-state index in [1.807, 2.05) is 45.0 Å². The Hall–Kier alpha value is -2.38. The lowest BCUT2D eigenvalue weighted by Crippen LogP contribution is -2.46. The molecule has 2 aromatic rings. The third kappa shape index (κ3) is 4.79. The van der Waals surface area contributed by atoms with Crippen LogP contribution in [0, 0.1) is 6.92 Å². The van der Waals surface area contributed by atoms with Crippen molar-refractivity contribution >= 4 is 15.9 Å². The molecular formula is C22H28N2O4S. The van der Waals surface area contributed by atoms with Crippen LogP contribution in [0.1, 0.15) is 49.0 Å². The topological polar surface area (TPSA) is 75.7 Å². The molecule has 7 heteroatoms. The minimum absolute atomic E-state index is 0.277. The molecule has 0 radical (unpaired) electrons. The van der Waals surface area contributed by atoms with Gasteiger partial charge in [-0.2, -0.15) is 4.31 Å². The standard InChI is InChI=1S/C22H28N2O4S/c1-15-11-12-17-18(14-22(2,3)28-19(17)13-15)23-21(25)20(24(4)29(5,26)27)16-9-7-6-8-10-16/h6-13,18,20H,14H2,1-5H3,(H,23,25)/t18-,20-/m0/s1. The molecule has 156 valence electrons. The Kier molecular flexibility index (Phi) is 5.74. The fourth-order valence-corrected chi connectivity index (χ4v) is 4.29. The van der Waals surface area contributed by atoms with Gasteiger partial charge in [-0.1, -0.05) is 42.5 Å². The first kappa shape index (κ1) is 21.3. The first-order valence-electron chi connectivity index (χ1n) is 9.56. The molecule has 2 atom stereocenters. The Balaban J connectivity index is 1.96. The van der Waals surface area contributed by atoms with Crippen molar-refractivity contribution in [2.45, 2.75) is 44.9 Å². The Bertz CT molecular complexity index is 1000. The number of nitrogens with one attached hydrogen (secondary N) is 1. The molecule has 1 N–H and O–H groups in total. The van der Waals surface area contributed by atoms with E-state index in [-0.39, 0.29) is 11.9 Å². The van der Waals surface area contributed by atoms with Gasteiger partial charge in [-0.3, -0.25) is 4.79 Å². The lowest BCUT2D eigenvalue weighted by molar-refractivity contribution is -0.126. The maximum Gasteiger partial charge on any atom is 0.243 e. The number of amides is 1. The predicted molar refractivity (Wildman–Crippen MR) is 113 cm³/mol. The van der Waals surface area contributed by atoms with Crippen LogP contribution in [-0.2, 0) is 14.8 Å². The van der Waals surface area contributed by atoms with E-state index in [1.165, 1.54) is 7.05 Å². The largest absolute Gasteiger partial charge is 0.487 e. The molecule has 0 spiro atoms. The van der Waals surface area contributed by atoms with Crippen LogP contribution in [-0.4, -0.2) is 37.5 Å². The van der Waals surface area contributed by atoms with Crippen molar-refractivity contribution in [3.63, 3.8) is 0 Å². The predicted octanol–water partition coefficient (Wildman–Crippen LogP) is 3.35. The fraction of sp³-hybridized carbons (Fsp3) is 0.409. The number of benzene rings is 2. The van der Waals surface area contributed by atoms with Crippen molar-refractivity contribution in [2.75, 3.05) is 13.3 Å². The monoisotopic (exact) mass is 416 g/mol. The second kappa shape index (κ2) is 7.80. The zero-order valence-corrected chi connectivity index (χ0v) is 18.3. The molecule has 1 aliphatic heterocycles. The minimum Gasteiger partial charge on any atom is -0.487 e. The number of rotatable bonds is 5. The minimum atomic E-state index is -3.58. The van der Waals surface area contributed by atoms with Crippen LogP contribution in [0.25, 0.3) is 0 Å². The summed E-state index contributed by atoms with van der Waals surface area (Å²) >= 11 is 0. The zero-order valence-electron chi connectivity index (χ0n) is 17.5. The van der Waals surface area contributed by atoms with Crippen molar-refractivity contribution in [3.05, 3.63) is 65.2 Å². The number of aryl methyl sites for hydroxylation is 1. The lowest BCUT2D eigenvalue weighted by Gasteiger charge is -2.39. The van der Waals surface area contributed by atoms with Crippen molar-refractivity contribution in [1.82, 2.24) is 9.62 Å². The first-order chi connectivity index (χ1) is 13.5. The second-order valence-corrected chi connectivity index (χ2v) is 10.3. The number of carbonyl (C=O) groups is 1. The number of sulfonamides is 1. The molecule has 29 heavy (non-hydrogen) atoms. The summed E-state index contributed by atoms with van der Waals surface area (Å²) in [5.41, 5.74) is 2.14. The molecule has 1 aliphatic rings. The molecule has 0 aliphatic carbocycles. The molecule has 0 saturated carbocycles. The van der Waals surface area contributed by atoms with E-state index in [1.54, 1.807) is 24.3 Å².